The molecule has 0 radical (unpaired) electrons. The van der Waals surface area contributed by atoms with Crippen molar-refractivity contribution in [2.45, 2.75) is 32.8 Å². The van der Waals surface area contributed by atoms with E-state index in [1.807, 2.05) is 19.1 Å². The lowest BCUT2D eigenvalue weighted by atomic mass is 10.0. The minimum absolute atomic E-state index is 0.426. The van der Waals surface area contributed by atoms with E-state index in [4.69, 9.17) is 0 Å². The van der Waals surface area contributed by atoms with E-state index in [-0.39, 0.29) is 0 Å². The number of thiophene rings is 1. The molecular weight excluding hydrogens is 308 g/mol. The largest absolute Gasteiger partial charge is 0.388 e. The smallest absolute Gasteiger partial charge is 0.0838 e. The number of benzene rings is 1. The van der Waals surface area contributed by atoms with E-state index in [0.717, 1.165) is 16.5 Å². The van der Waals surface area contributed by atoms with Crippen molar-refractivity contribution in [1.29, 1.82) is 0 Å². The van der Waals surface area contributed by atoms with Crippen molar-refractivity contribution < 1.29 is 5.11 Å². The van der Waals surface area contributed by atoms with Crippen LogP contribution in [0.3, 0.4) is 0 Å². The molecule has 1 atom stereocenters. The molecule has 18 heavy (non-hydrogen) atoms. The van der Waals surface area contributed by atoms with Crippen molar-refractivity contribution in [3.63, 3.8) is 0 Å². The maximum absolute atomic E-state index is 10.3. The number of halogens is 1. The first-order valence-electron chi connectivity index (χ1n) is 6.11. The SMILES string of the molecule is CCc1ccc(CC(O)c2cc(C)cc(Br)c2)s1. The van der Waals surface area contributed by atoms with E-state index >= 15 is 0 Å². The zero-order chi connectivity index (χ0) is 13.1. The third kappa shape index (κ3) is 3.44. The highest BCUT2D eigenvalue weighted by atomic mass is 79.9. The van der Waals surface area contributed by atoms with Crippen LogP contribution in [-0.2, 0) is 12.8 Å². The standard InChI is InChI=1S/C15H17BrOS/c1-3-13-4-5-14(18-13)9-15(17)11-6-10(2)7-12(16)8-11/h4-8,15,17H,3,9H2,1-2H3. The van der Waals surface area contributed by atoms with E-state index in [1.54, 1.807) is 11.3 Å². The van der Waals surface area contributed by atoms with Gasteiger partial charge in [0.2, 0.25) is 0 Å². The first-order chi connectivity index (χ1) is 8.58. The molecule has 0 amide bonds. The summed E-state index contributed by atoms with van der Waals surface area (Å²) < 4.78 is 1.02. The second-order valence-electron chi connectivity index (χ2n) is 4.50. The number of hydrogen-bond donors (Lipinski definition) is 1. The summed E-state index contributed by atoms with van der Waals surface area (Å²) in [6, 6.07) is 10.4. The van der Waals surface area contributed by atoms with Gasteiger partial charge in [0.25, 0.3) is 0 Å². The zero-order valence-corrected chi connectivity index (χ0v) is 13.0. The minimum Gasteiger partial charge on any atom is -0.388 e. The maximum Gasteiger partial charge on any atom is 0.0838 e. The van der Waals surface area contributed by atoms with Crippen LogP contribution >= 0.6 is 27.3 Å². The van der Waals surface area contributed by atoms with Gasteiger partial charge in [0, 0.05) is 20.6 Å². The average molecular weight is 325 g/mol. The van der Waals surface area contributed by atoms with Gasteiger partial charge in [0.15, 0.2) is 0 Å². The van der Waals surface area contributed by atoms with Crippen molar-refractivity contribution in [2.24, 2.45) is 0 Å². The predicted octanol–water partition coefficient (Wildman–Crippen LogP) is 4.66. The minimum atomic E-state index is -0.426. The Labute approximate surface area is 121 Å². The summed E-state index contributed by atoms with van der Waals surface area (Å²) in [5.41, 5.74) is 2.15. The summed E-state index contributed by atoms with van der Waals surface area (Å²) in [5.74, 6) is 0. The molecule has 0 aliphatic rings. The highest BCUT2D eigenvalue weighted by molar-refractivity contribution is 9.10. The van der Waals surface area contributed by atoms with E-state index in [0.29, 0.717) is 6.42 Å². The van der Waals surface area contributed by atoms with E-state index < -0.39 is 6.10 Å². The predicted molar refractivity (Wildman–Crippen MR) is 81.2 cm³/mol. The Bertz CT molecular complexity index is 513. The van der Waals surface area contributed by atoms with Gasteiger partial charge in [-0.3, -0.25) is 0 Å². The second-order valence-corrected chi connectivity index (χ2v) is 6.67. The summed E-state index contributed by atoms with van der Waals surface area (Å²) >= 11 is 5.27. The molecule has 0 aliphatic heterocycles. The highest BCUT2D eigenvalue weighted by Gasteiger charge is 2.11. The van der Waals surface area contributed by atoms with Crippen LogP contribution in [0.15, 0.2) is 34.8 Å². The van der Waals surface area contributed by atoms with E-state index in [2.05, 4.69) is 41.1 Å². The molecule has 1 N–H and O–H groups in total. The number of aliphatic hydroxyl groups is 1. The van der Waals surface area contributed by atoms with Gasteiger partial charge in [0.1, 0.15) is 0 Å². The van der Waals surface area contributed by atoms with Crippen molar-refractivity contribution >= 4 is 27.3 Å². The zero-order valence-electron chi connectivity index (χ0n) is 10.6. The second kappa shape index (κ2) is 6.00. The molecule has 1 nitrogen and oxygen atoms in total. The monoisotopic (exact) mass is 324 g/mol. The van der Waals surface area contributed by atoms with Gasteiger partial charge in [-0.15, -0.1) is 11.3 Å². The van der Waals surface area contributed by atoms with Crippen LogP contribution in [0.5, 0.6) is 0 Å². The third-order valence-corrected chi connectivity index (χ3v) is 4.62. The average Bonchev–Trinajstić information content (AvgIpc) is 2.75. The Kier molecular flexibility index (Phi) is 4.60. The molecular formula is C15H17BrOS. The molecule has 0 spiro atoms. The first kappa shape index (κ1) is 13.8. The Morgan fingerprint density at radius 3 is 2.56 bits per heavy atom. The molecule has 1 unspecified atom stereocenters. The molecule has 0 bridgehead atoms. The fourth-order valence-corrected chi connectivity index (χ4v) is 3.61. The van der Waals surface area contributed by atoms with Crippen molar-refractivity contribution in [1.82, 2.24) is 0 Å². The van der Waals surface area contributed by atoms with Gasteiger partial charge in [-0.2, -0.15) is 0 Å². The molecule has 0 fully saturated rings. The summed E-state index contributed by atoms with van der Waals surface area (Å²) in [6.45, 7) is 4.20. The van der Waals surface area contributed by atoms with Gasteiger partial charge in [-0.25, -0.2) is 0 Å². The fraction of sp³-hybridized carbons (Fsp3) is 0.333. The van der Waals surface area contributed by atoms with Gasteiger partial charge in [0.05, 0.1) is 6.10 Å². The van der Waals surface area contributed by atoms with Gasteiger partial charge in [-0.1, -0.05) is 28.9 Å². The fourth-order valence-electron chi connectivity index (χ4n) is 1.99. The first-order valence-corrected chi connectivity index (χ1v) is 7.72. The van der Waals surface area contributed by atoms with Crippen LogP contribution in [0.2, 0.25) is 0 Å². The van der Waals surface area contributed by atoms with Crippen LogP contribution < -0.4 is 0 Å². The third-order valence-electron chi connectivity index (χ3n) is 2.91. The lowest BCUT2D eigenvalue weighted by molar-refractivity contribution is 0.179. The normalized spacial score (nSPS) is 12.7. The quantitative estimate of drug-likeness (QED) is 0.867. The van der Waals surface area contributed by atoms with Crippen LogP contribution in [-0.4, -0.2) is 5.11 Å². The number of hydrogen-bond acceptors (Lipinski definition) is 2. The molecule has 1 heterocycles. The molecule has 3 heteroatoms. The Hall–Kier alpha value is -0.640. The van der Waals surface area contributed by atoms with Crippen molar-refractivity contribution in [3.8, 4) is 0 Å². The summed E-state index contributed by atoms with van der Waals surface area (Å²) in [5, 5.41) is 10.3. The van der Waals surface area contributed by atoms with Crippen LogP contribution in [0.25, 0.3) is 0 Å². The van der Waals surface area contributed by atoms with Crippen LogP contribution in [0, 0.1) is 6.92 Å². The summed E-state index contributed by atoms with van der Waals surface area (Å²) in [6.07, 6.45) is 1.33. The topological polar surface area (TPSA) is 20.2 Å². The molecule has 1 aromatic carbocycles. The maximum atomic E-state index is 10.3. The molecule has 1 aromatic heterocycles. The number of aliphatic hydroxyl groups excluding tert-OH is 1. The highest BCUT2D eigenvalue weighted by Crippen LogP contribution is 2.26. The van der Waals surface area contributed by atoms with E-state index in [1.165, 1.54) is 15.3 Å². The molecule has 0 saturated heterocycles. The number of aryl methyl sites for hydroxylation is 2. The molecule has 96 valence electrons. The molecule has 0 aliphatic carbocycles. The Morgan fingerprint density at radius 2 is 1.94 bits per heavy atom. The Morgan fingerprint density at radius 1 is 1.22 bits per heavy atom. The lowest BCUT2D eigenvalue weighted by Crippen LogP contribution is -2.01. The Balaban J connectivity index is 2.13. The molecule has 0 saturated carbocycles. The van der Waals surface area contributed by atoms with Crippen molar-refractivity contribution in [2.75, 3.05) is 0 Å². The molecule has 2 rings (SSSR count). The van der Waals surface area contributed by atoms with Crippen LogP contribution in [0.1, 0.15) is 33.9 Å². The van der Waals surface area contributed by atoms with Gasteiger partial charge < -0.3 is 5.11 Å². The van der Waals surface area contributed by atoms with Crippen LogP contribution in [0.4, 0.5) is 0 Å². The number of rotatable bonds is 4. The van der Waals surface area contributed by atoms with E-state index in [9.17, 15) is 5.11 Å². The molecule has 2 aromatic rings. The van der Waals surface area contributed by atoms with Gasteiger partial charge >= 0.3 is 0 Å². The summed E-state index contributed by atoms with van der Waals surface area (Å²) in [7, 11) is 0. The van der Waals surface area contributed by atoms with Gasteiger partial charge in [-0.05, 0) is 48.7 Å². The summed E-state index contributed by atoms with van der Waals surface area (Å²) in [4.78, 5) is 2.62. The lowest BCUT2D eigenvalue weighted by Gasteiger charge is -2.11. The van der Waals surface area contributed by atoms with Crippen molar-refractivity contribution in [3.05, 3.63) is 55.7 Å².